The van der Waals surface area contributed by atoms with E-state index in [4.69, 9.17) is 5.73 Å². The number of nitro benzene ring substituents is 1. The summed E-state index contributed by atoms with van der Waals surface area (Å²) in [4.78, 5) is 10.1. The minimum absolute atomic E-state index is 0.112. The molecule has 0 radical (unpaired) electrons. The number of nitro groups is 1. The highest BCUT2D eigenvalue weighted by atomic mass is 16.6. The number of non-ortho nitro benzene ring substituents is 1. The first-order chi connectivity index (χ1) is 8.15. The fourth-order valence-corrected chi connectivity index (χ4v) is 1.67. The van der Waals surface area contributed by atoms with Crippen LogP contribution in [0.1, 0.15) is 11.1 Å². The number of hydrogen-bond acceptors (Lipinski definition) is 3. The highest BCUT2D eigenvalue weighted by Crippen LogP contribution is 2.16. The van der Waals surface area contributed by atoms with Crippen LogP contribution < -0.4 is 5.73 Å². The Balaban J connectivity index is 2.16. The third kappa shape index (κ3) is 2.81. The quantitative estimate of drug-likeness (QED) is 0.499. The van der Waals surface area contributed by atoms with Gasteiger partial charge in [0.25, 0.3) is 5.69 Å². The Labute approximate surface area is 98.8 Å². The van der Waals surface area contributed by atoms with Gasteiger partial charge in [0.1, 0.15) is 0 Å². The zero-order valence-corrected chi connectivity index (χ0v) is 9.17. The number of nitrogens with two attached hydrogens (primary N) is 1. The first-order valence-electron chi connectivity index (χ1n) is 5.23. The molecule has 0 saturated heterocycles. The summed E-state index contributed by atoms with van der Waals surface area (Å²) >= 11 is 0. The van der Waals surface area contributed by atoms with Gasteiger partial charge in [0.15, 0.2) is 0 Å². The summed E-state index contributed by atoms with van der Waals surface area (Å²) in [7, 11) is 0. The predicted molar refractivity (Wildman–Crippen MR) is 66.8 cm³/mol. The van der Waals surface area contributed by atoms with Crippen LogP contribution in [0.15, 0.2) is 48.5 Å². The van der Waals surface area contributed by atoms with Crippen LogP contribution >= 0.6 is 0 Å². The van der Waals surface area contributed by atoms with Gasteiger partial charge >= 0.3 is 0 Å². The van der Waals surface area contributed by atoms with E-state index in [1.54, 1.807) is 12.1 Å². The first-order valence-corrected chi connectivity index (χ1v) is 5.23. The number of benzene rings is 2. The van der Waals surface area contributed by atoms with Crippen molar-refractivity contribution in [1.82, 2.24) is 0 Å². The maximum Gasteiger partial charge on any atom is 0.269 e. The molecule has 0 spiro atoms. The second-order valence-electron chi connectivity index (χ2n) is 3.85. The van der Waals surface area contributed by atoms with Crippen LogP contribution in [0, 0.1) is 10.1 Å². The van der Waals surface area contributed by atoms with Crippen molar-refractivity contribution < 1.29 is 4.92 Å². The molecule has 4 heteroatoms. The smallest absolute Gasteiger partial charge is 0.269 e. The molecule has 0 aliphatic rings. The van der Waals surface area contributed by atoms with Crippen molar-refractivity contribution >= 4 is 11.4 Å². The molecule has 0 heterocycles. The molecule has 4 nitrogen and oxygen atoms in total. The molecule has 2 aromatic carbocycles. The van der Waals surface area contributed by atoms with E-state index >= 15 is 0 Å². The zero-order chi connectivity index (χ0) is 12.3. The Morgan fingerprint density at radius 3 is 2.35 bits per heavy atom. The summed E-state index contributed by atoms with van der Waals surface area (Å²) in [5.74, 6) is 0. The normalized spacial score (nSPS) is 10.1. The van der Waals surface area contributed by atoms with Crippen LogP contribution in [0.3, 0.4) is 0 Å². The van der Waals surface area contributed by atoms with Crippen LogP contribution in [-0.2, 0) is 6.42 Å². The van der Waals surface area contributed by atoms with Gasteiger partial charge in [0.05, 0.1) is 4.92 Å². The Morgan fingerprint density at radius 1 is 1.06 bits per heavy atom. The minimum Gasteiger partial charge on any atom is -0.399 e. The largest absolute Gasteiger partial charge is 0.399 e. The van der Waals surface area contributed by atoms with Gasteiger partial charge in [0, 0.05) is 17.8 Å². The maximum absolute atomic E-state index is 10.5. The monoisotopic (exact) mass is 228 g/mol. The van der Waals surface area contributed by atoms with Crippen molar-refractivity contribution in [3.05, 3.63) is 69.8 Å². The van der Waals surface area contributed by atoms with Crippen molar-refractivity contribution in [1.29, 1.82) is 0 Å². The lowest BCUT2D eigenvalue weighted by Gasteiger charge is -2.02. The van der Waals surface area contributed by atoms with Crippen LogP contribution in [0.25, 0.3) is 0 Å². The van der Waals surface area contributed by atoms with Gasteiger partial charge in [-0.15, -0.1) is 0 Å². The molecule has 0 saturated carbocycles. The number of nitrogen functional groups attached to an aromatic ring is 1. The van der Waals surface area contributed by atoms with Gasteiger partial charge in [-0.05, 0) is 29.7 Å². The molecule has 86 valence electrons. The van der Waals surface area contributed by atoms with E-state index in [1.165, 1.54) is 12.1 Å². The molecule has 0 bridgehead atoms. The molecule has 0 fully saturated rings. The number of rotatable bonds is 3. The first kappa shape index (κ1) is 11.1. The molecule has 17 heavy (non-hydrogen) atoms. The van der Waals surface area contributed by atoms with E-state index in [2.05, 4.69) is 0 Å². The topological polar surface area (TPSA) is 69.2 Å². The van der Waals surface area contributed by atoms with Crippen molar-refractivity contribution in [2.24, 2.45) is 0 Å². The van der Waals surface area contributed by atoms with E-state index in [-0.39, 0.29) is 5.69 Å². The zero-order valence-electron chi connectivity index (χ0n) is 9.17. The average molecular weight is 228 g/mol. The molecule has 0 atom stereocenters. The Hall–Kier alpha value is -2.36. The second kappa shape index (κ2) is 4.65. The van der Waals surface area contributed by atoms with E-state index in [0.717, 1.165) is 23.2 Å². The maximum atomic E-state index is 10.5. The SMILES string of the molecule is Nc1cccc(Cc2ccc([N+](=O)[O-])cc2)c1. The molecule has 0 aliphatic heterocycles. The average Bonchev–Trinajstić information content (AvgIpc) is 2.29. The Morgan fingerprint density at radius 2 is 1.76 bits per heavy atom. The molecule has 2 N–H and O–H groups in total. The summed E-state index contributed by atoms with van der Waals surface area (Å²) in [5.41, 5.74) is 8.65. The Bertz CT molecular complexity index is 535. The summed E-state index contributed by atoms with van der Waals surface area (Å²) in [6.07, 6.45) is 0.725. The van der Waals surface area contributed by atoms with Gasteiger partial charge in [-0.1, -0.05) is 24.3 Å². The third-order valence-corrected chi connectivity index (χ3v) is 2.51. The summed E-state index contributed by atoms with van der Waals surface area (Å²) in [5, 5.41) is 10.5. The Kier molecular flexibility index (Phi) is 3.05. The van der Waals surface area contributed by atoms with Crippen molar-refractivity contribution in [3.63, 3.8) is 0 Å². The van der Waals surface area contributed by atoms with Crippen LogP contribution in [-0.4, -0.2) is 4.92 Å². The lowest BCUT2D eigenvalue weighted by molar-refractivity contribution is -0.384. The van der Waals surface area contributed by atoms with Gasteiger partial charge in [-0.2, -0.15) is 0 Å². The van der Waals surface area contributed by atoms with E-state index in [1.807, 2.05) is 24.3 Å². The molecule has 0 unspecified atom stereocenters. The van der Waals surface area contributed by atoms with Crippen LogP contribution in [0.4, 0.5) is 11.4 Å². The van der Waals surface area contributed by atoms with Crippen LogP contribution in [0.5, 0.6) is 0 Å². The fraction of sp³-hybridized carbons (Fsp3) is 0.0769. The fourth-order valence-electron chi connectivity index (χ4n) is 1.67. The van der Waals surface area contributed by atoms with E-state index in [0.29, 0.717) is 0 Å². The van der Waals surface area contributed by atoms with Gasteiger partial charge in [0.2, 0.25) is 0 Å². The van der Waals surface area contributed by atoms with Gasteiger partial charge < -0.3 is 5.73 Å². The summed E-state index contributed by atoms with van der Waals surface area (Å²) in [6, 6.07) is 14.2. The van der Waals surface area contributed by atoms with Gasteiger partial charge in [-0.25, -0.2) is 0 Å². The van der Waals surface area contributed by atoms with E-state index in [9.17, 15) is 10.1 Å². The summed E-state index contributed by atoms with van der Waals surface area (Å²) < 4.78 is 0. The molecule has 0 amide bonds. The molecule has 0 aromatic heterocycles. The minimum atomic E-state index is -0.399. The van der Waals surface area contributed by atoms with Gasteiger partial charge in [-0.3, -0.25) is 10.1 Å². The van der Waals surface area contributed by atoms with Crippen molar-refractivity contribution in [2.45, 2.75) is 6.42 Å². The molecule has 2 rings (SSSR count). The number of nitrogens with zero attached hydrogens (tertiary/aromatic N) is 1. The predicted octanol–water partition coefficient (Wildman–Crippen LogP) is 2.77. The summed E-state index contributed by atoms with van der Waals surface area (Å²) in [6.45, 7) is 0. The standard InChI is InChI=1S/C13H12N2O2/c14-12-3-1-2-11(9-12)8-10-4-6-13(7-5-10)15(16)17/h1-7,9H,8,14H2. The number of anilines is 1. The highest BCUT2D eigenvalue weighted by Gasteiger charge is 2.04. The van der Waals surface area contributed by atoms with Crippen LogP contribution in [0.2, 0.25) is 0 Å². The molecule has 0 aliphatic carbocycles. The lowest BCUT2D eigenvalue weighted by Crippen LogP contribution is -1.92. The highest BCUT2D eigenvalue weighted by molar-refractivity contribution is 5.43. The molecular formula is C13H12N2O2. The lowest BCUT2D eigenvalue weighted by atomic mass is 10.0. The molecule has 2 aromatic rings. The van der Waals surface area contributed by atoms with Crippen molar-refractivity contribution in [2.75, 3.05) is 5.73 Å². The number of hydrogen-bond donors (Lipinski definition) is 1. The van der Waals surface area contributed by atoms with Crippen molar-refractivity contribution in [3.8, 4) is 0 Å². The second-order valence-corrected chi connectivity index (χ2v) is 3.85. The molecular weight excluding hydrogens is 216 g/mol. The van der Waals surface area contributed by atoms with E-state index < -0.39 is 4.92 Å². The third-order valence-electron chi connectivity index (χ3n) is 2.51.